The molecule has 0 aliphatic carbocycles. The lowest BCUT2D eigenvalue weighted by Gasteiger charge is -2.08. The number of aromatic nitrogens is 2. The molecular weight excluding hydrogens is 300 g/mol. The van der Waals surface area contributed by atoms with E-state index in [1.807, 2.05) is 31.2 Å². The van der Waals surface area contributed by atoms with E-state index in [0.717, 1.165) is 29.3 Å². The average Bonchev–Trinajstić information content (AvgIpc) is 2.45. The van der Waals surface area contributed by atoms with Crippen LogP contribution in [0.15, 0.2) is 53.3 Å². The highest BCUT2D eigenvalue weighted by atomic mass is 19.1. The number of nitrogens with one attached hydrogen (secondary N) is 2. The summed E-state index contributed by atoms with van der Waals surface area (Å²) < 4.78 is 26.5. The summed E-state index contributed by atoms with van der Waals surface area (Å²) in [4.78, 5) is 18.6. The number of aromatic amines is 1. The van der Waals surface area contributed by atoms with Gasteiger partial charge in [0.05, 0.1) is 5.69 Å². The zero-order valence-corrected chi connectivity index (χ0v) is 12.2. The van der Waals surface area contributed by atoms with E-state index in [9.17, 15) is 13.6 Å². The first kappa shape index (κ1) is 14.9. The molecule has 0 amide bonds. The monoisotopic (exact) mass is 313 g/mol. The smallest absolute Gasteiger partial charge is 0.252 e. The van der Waals surface area contributed by atoms with E-state index in [2.05, 4.69) is 15.3 Å². The van der Waals surface area contributed by atoms with Gasteiger partial charge in [0.15, 0.2) is 0 Å². The third-order valence-electron chi connectivity index (χ3n) is 3.18. The summed E-state index contributed by atoms with van der Waals surface area (Å²) in [6.45, 7) is 1.94. The molecule has 0 saturated heterocycles. The summed E-state index contributed by atoms with van der Waals surface area (Å²) in [6, 6.07) is 11.9. The molecule has 4 nitrogen and oxygen atoms in total. The fourth-order valence-electron chi connectivity index (χ4n) is 2.23. The van der Waals surface area contributed by atoms with Gasteiger partial charge in [-0.1, -0.05) is 23.8 Å². The van der Waals surface area contributed by atoms with Crippen molar-refractivity contribution in [1.82, 2.24) is 9.97 Å². The van der Waals surface area contributed by atoms with Gasteiger partial charge in [0.25, 0.3) is 5.56 Å². The molecule has 0 atom stereocenters. The third-order valence-corrected chi connectivity index (χ3v) is 3.18. The maximum atomic E-state index is 13.2. The minimum Gasteiger partial charge on any atom is -0.325 e. The van der Waals surface area contributed by atoms with Gasteiger partial charge in [-0.15, -0.1) is 0 Å². The third kappa shape index (κ3) is 3.60. The number of anilines is 2. The van der Waals surface area contributed by atoms with Crippen molar-refractivity contribution in [3.63, 3.8) is 0 Å². The fourth-order valence-corrected chi connectivity index (χ4v) is 2.23. The van der Waals surface area contributed by atoms with Gasteiger partial charge in [-0.3, -0.25) is 9.78 Å². The summed E-state index contributed by atoms with van der Waals surface area (Å²) in [5.74, 6) is -1.33. The lowest BCUT2D eigenvalue weighted by molar-refractivity contribution is 0.584. The van der Waals surface area contributed by atoms with Gasteiger partial charge in [-0.05, 0) is 25.1 Å². The van der Waals surface area contributed by atoms with E-state index < -0.39 is 11.6 Å². The largest absolute Gasteiger partial charge is 0.325 e. The Morgan fingerprint density at radius 3 is 2.48 bits per heavy atom. The molecule has 1 aromatic heterocycles. The lowest BCUT2D eigenvalue weighted by atomic mass is 10.1. The van der Waals surface area contributed by atoms with E-state index in [4.69, 9.17) is 0 Å². The number of aryl methyl sites for hydroxylation is 1. The summed E-state index contributed by atoms with van der Waals surface area (Å²) in [5, 5.41) is 2.70. The molecule has 0 bridgehead atoms. The highest BCUT2D eigenvalue weighted by Crippen LogP contribution is 2.20. The van der Waals surface area contributed by atoms with Crippen molar-refractivity contribution in [3.05, 3.63) is 76.1 Å². The average molecular weight is 313 g/mol. The Bertz CT molecular complexity index is 901. The van der Waals surface area contributed by atoms with Crippen LogP contribution in [0.5, 0.6) is 0 Å². The van der Waals surface area contributed by atoms with Gasteiger partial charge < -0.3 is 5.32 Å². The summed E-state index contributed by atoms with van der Waals surface area (Å²) in [6.07, 6.45) is 0. The van der Waals surface area contributed by atoms with E-state index in [0.29, 0.717) is 5.69 Å². The Morgan fingerprint density at radius 2 is 1.78 bits per heavy atom. The summed E-state index contributed by atoms with van der Waals surface area (Å²) in [5.41, 5.74) is 2.08. The predicted molar refractivity (Wildman–Crippen MR) is 84.7 cm³/mol. The van der Waals surface area contributed by atoms with E-state index in [1.165, 1.54) is 6.07 Å². The van der Waals surface area contributed by atoms with Crippen molar-refractivity contribution in [1.29, 1.82) is 0 Å². The van der Waals surface area contributed by atoms with Gasteiger partial charge in [0.2, 0.25) is 5.95 Å². The van der Waals surface area contributed by atoms with Gasteiger partial charge in [0.1, 0.15) is 11.6 Å². The lowest BCUT2D eigenvalue weighted by Crippen LogP contribution is -2.10. The van der Waals surface area contributed by atoms with Crippen molar-refractivity contribution in [3.8, 4) is 11.3 Å². The quantitative estimate of drug-likeness (QED) is 0.774. The first-order valence-corrected chi connectivity index (χ1v) is 6.91. The molecule has 0 saturated carbocycles. The van der Waals surface area contributed by atoms with Crippen molar-refractivity contribution >= 4 is 11.6 Å². The van der Waals surface area contributed by atoms with E-state index in [-0.39, 0.29) is 17.2 Å². The van der Waals surface area contributed by atoms with Crippen LogP contribution >= 0.6 is 0 Å². The highest BCUT2D eigenvalue weighted by Gasteiger charge is 2.06. The fraction of sp³-hybridized carbons (Fsp3) is 0.0588. The molecule has 0 spiro atoms. The van der Waals surface area contributed by atoms with Crippen LogP contribution in [0.25, 0.3) is 11.3 Å². The van der Waals surface area contributed by atoms with Crippen LogP contribution in [0.1, 0.15) is 5.56 Å². The second-order valence-electron chi connectivity index (χ2n) is 5.13. The van der Waals surface area contributed by atoms with Gasteiger partial charge in [-0.2, -0.15) is 0 Å². The van der Waals surface area contributed by atoms with Crippen LogP contribution in [0, 0.1) is 18.6 Å². The van der Waals surface area contributed by atoms with Crippen LogP contribution in [0.3, 0.4) is 0 Å². The molecule has 0 aliphatic rings. The molecular formula is C17H13F2N3O. The molecule has 0 radical (unpaired) electrons. The molecule has 0 fully saturated rings. The second-order valence-corrected chi connectivity index (χ2v) is 5.13. The number of H-pyrrole nitrogens is 1. The number of benzene rings is 2. The molecule has 116 valence electrons. The molecule has 0 unspecified atom stereocenters. The van der Waals surface area contributed by atoms with Crippen molar-refractivity contribution in [2.24, 2.45) is 0 Å². The SMILES string of the molecule is Cc1cccc(-c2cc(=O)[nH]c(Nc3cc(F)cc(F)c3)n2)c1. The molecule has 0 aliphatic heterocycles. The first-order valence-electron chi connectivity index (χ1n) is 6.91. The van der Waals surface area contributed by atoms with Gasteiger partial charge in [-0.25, -0.2) is 13.8 Å². The topological polar surface area (TPSA) is 57.8 Å². The molecule has 2 N–H and O–H groups in total. The predicted octanol–water partition coefficient (Wildman–Crippen LogP) is 3.77. The Hall–Kier alpha value is -3.02. The Balaban J connectivity index is 1.99. The molecule has 6 heteroatoms. The zero-order chi connectivity index (χ0) is 16.4. The summed E-state index contributed by atoms with van der Waals surface area (Å²) in [7, 11) is 0. The van der Waals surface area contributed by atoms with Crippen LogP contribution in [0.4, 0.5) is 20.4 Å². The number of rotatable bonds is 3. The second kappa shape index (κ2) is 6.00. The Labute approximate surface area is 130 Å². The number of hydrogen-bond donors (Lipinski definition) is 2. The van der Waals surface area contributed by atoms with Crippen LogP contribution in [0.2, 0.25) is 0 Å². The van der Waals surface area contributed by atoms with E-state index >= 15 is 0 Å². The number of hydrogen-bond acceptors (Lipinski definition) is 3. The number of halogens is 2. The van der Waals surface area contributed by atoms with Gasteiger partial charge in [0, 0.05) is 23.4 Å². The first-order chi connectivity index (χ1) is 11.0. The van der Waals surface area contributed by atoms with E-state index in [1.54, 1.807) is 0 Å². The Kier molecular flexibility index (Phi) is 3.89. The summed E-state index contributed by atoms with van der Waals surface area (Å²) >= 11 is 0. The van der Waals surface area contributed by atoms with Crippen LogP contribution in [-0.4, -0.2) is 9.97 Å². The maximum Gasteiger partial charge on any atom is 0.252 e. The Morgan fingerprint density at radius 1 is 1.04 bits per heavy atom. The zero-order valence-electron chi connectivity index (χ0n) is 12.2. The molecule has 3 aromatic rings. The van der Waals surface area contributed by atoms with Crippen molar-refractivity contribution < 1.29 is 8.78 Å². The normalized spacial score (nSPS) is 10.6. The number of nitrogens with zero attached hydrogens (tertiary/aromatic N) is 1. The minimum absolute atomic E-state index is 0.110. The molecule has 1 heterocycles. The van der Waals surface area contributed by atoms with Crippen LogP contribution < -0.4 is 10.9 Å². The van der Waals surface area contributed by atoms with Crippen LogP contribution in [-0.2, 0) is 0 Å². The highest BCUT2D eigenvalue weighted by molar-refractivity contribution is 5.62. The van der Waals surface area contributed by atoms with Gasteiger partial charge >= 0.3 is 0 Å². The van der Waals surface area contributed by atoms with Crippen molar-refractivity contribution in [2.45, 2.75) is 6.92 Å². The standard InChI is InChI=1S/C17H13F2N3O/c1-10-3-2-4-11(5-10)15-9-16(23)22-17(21-15)20-14-7-12(18)6-13(19)8-14/h2-9H,1H3,(H2,20,21,22,23). The molecule has 3 rings (SSSR count). The maximum absolute atomic E-state index is 13.2. The molecule has 2 aromatic carbocycles. The molecule has 23 heavy (non-hydrogen) atoms. The minimum atomic E-state index is -0.718. The van der Waals surface area contributed by atoms with Crippen molar-refractivity contribution in [2.75, 3.05) is 5.32 Å².